The third-order valence-corrected chi connectivity index (χ3v) is 5.29. The van der Waals surface area contributed by atoms with Crippen molar-refractivity contribution in [1.82, 2.24) is 4.90 Å². The number of non-ortho nitro benzene ring substituents is 1. The van der Waals surface area contributed by atoms with Gasteiger partial charge >= 0.3 is 0 Å². The summed E-state index contributed by atoms with van der Waals surface area (Å²) in [6, 6.07) is 13.9. The molecule has 0 unspecified atom stereocenters. The zero-order valence-corrected chi connectivity index (χ0v) is 13.8. The summed E-state index contributed by atoms with van der Waals surface area (Å²) in [7, 11) is 1.99. The number of hydrogen-bond donors (Lipinski definition) is 0. The Hall–Kier alpha value is -2.73. The zero-order chi connectivity index (χ0) is 17.6. The minimum atomic E-state index is -0.654. The molecule has 0 aliphatic carbocycles. The molecular formula is C19H18N2O4. The molecule has 2 aromatic rings. The van der Waals surface area contributed by atoms with E-state index < -0.39 is 10.3 Å². The van der Waals surface area contributed by atoms with Crippen LogP contribution >= 0.6 is 0 Å². The van der Waals surface area contributed by atoms with Gasteiger partial charge in [-0.2, -0.15) is 0 Å². The summed E-state index contributed by atoms with van der Waals surface area (Å²) in [4.78, 5) is 25.9. The van der Waals surface area contributed by atoms with E-state index in [9.17, 15) is 14.9 Å². The van der Waals surface area contributed by atoms with Crippen LogP contribution in [-0.2, 0) is 0 Å². The Bertz CT molecular complexity index is 849. The van der Waals surface area contributed by atoms with Crippen LogP contribution in [0, 0.1) is 15.5 Å². The smallest absolute Gasteiger partial charge is 0.269 e. The molecule has 128 valence electrons. The molecule has 0 aromatic heterocycles. The van der Waals surface area contributed by atoms with Crippen molar-refractivity contribution < 1.29 is 14.5 Å². The third-order valence-electron chi connectivity index (χ3n) is 5.29. The molecule has 0 saturated carbocycles. The van der Waals surface area contributed by atoms with Crippen molar-refractivity contribution in [2.45, 2.75) is 5.92 Å². The second kappa shape index (κ2) is 5.67. The standard InChI is InChI=1S/C19H18N2O4/c1-20-10-16(13-6-8-14(9-7-13)21(23)24)19(11-20)12-25-17-5-3-2-4-15(17)18(19)22/h2-9,16H,10-12H2,1H3/t16-,19-/m0/s1. The first kappa shape index (κ1) is 15.8. The summed E-state index contributed by atoms with van der Waals surface area (Å²) in [5.74, 6) is 0.677. The van der Waals surface area contributed by atoms with Gasteiger partial charge in [0, 0.05) is 31.1 Å². The second-order valence-electron chi connectivity index (χ2n) is 6.87. The van der Waals surface area contributed by atoms with Gasteiger partial charge < -0.3 is 9.64 Å². The van der Waals surface area contributed by atoms with Crippen LogP contribution in [0.1, 0.15) is 21.8 Å². The third kappa shape index (κ3) is 2.41. The molecule has 6 heteroatoms. The van der Waals surface area contributed by atoms with Gasteiger partial charge in [0.1, 0.15) is 12.4 Å². The number of benzene rings is 2. The Labute approximate surface area is 145 Å². The summed E-state index contributed by atoms with van der Waals surface area (Å²) in [6.45, 7) is 1.66. The summed E-state index contributed by atoms with van der Waals surface area (Å²) in [5.41, 5.74) is 0.960. The fourth-order valence-electron chi connectivity index (χ4n) is 4.09. The number of nitro groups is 1. The molecule has 4 rings (SSSR count). The molecule has 1 fully saturated rings. The fourth-order valence-corrected chi connectivity index (χ4v) is 4.09. The minimum Gasteiger partial charge on any atom is -0.492 e. The topological polar surface area (TPSA) is 72.7 Å². The van der Waals surface area contributed by atoms with Crippen molar-refractivity contribution in [3.63, 3.8) is 0 Å². The van der Waals surface area contributed by atoms with Gasteiger partial charge in [0.25, 0.3) is 5.69 Å². The van der Waals surface area contributed by atoms with Crippen LogP contribution in [0.25, 0.3) is 0 Å². The van der Waals surface area contributed by atoms with Crippen LogP contribution in [-0.4, -0.2) is 42.4 Å². The van der Waals surface area contributed by atoms with Crippen molar-refractivity contribution in [3.8, 4) is 5.75 Å². The van der Waals surface area contributed by atoms with Crippen molar-refractivity contribution in [1.29, 1.82) is 0 Å². The maximum Gasteiger partial charge on any atom is 0.269 e. The van der Waals surface area contributed by atoms with E-state index in [0.29, 0.717) is 24.5 Å². The first-order valence-electron chi connectivity index (χ1n) is 8.21. The van der Waals surface area contributed by atoms with Crippen LogP contribution in [0.5, 0.6) is 5.75 Å². The molecule has 2 aliphatic rings. The normalized spacial score (nSPS) is 25.6. The molecule has 2 heterocycles. The van der Waals surface area contributed by atoms with E-state index in [4.69, 9.17) is 4.74 Å². The summed E-state index contributed by atoms with van der Waals surface area (Å²) >= 11 is 0. The monoisotopic (exact) mass is 338 g/mol. The predicted molar refractivity (Wildman–Crippen MR) is 92.0 cm³/mol. The van der Waals surface area contributed by atoms with Gasteiger partial charge in [0.2, 0.25) is 0 Å². The number of carbonyl (C=O) groups is 1. The Kier molecular flexibility index (Phi) is 3.58. The van der Waals surface area contributed by atoms with Gasteiger partial charge in [-0.15, -0.1) is 0 Å². The van der Waals surface area contributed by atoms with Crippen molar-refractivity contribution >= 4 is 11.5 Å². The Morgan fingerprint density at radius 3 is 2.64 bits per heavy atom. The highest BCUT2D eigenvalue weighted by molar-refractivity contribution is 6.05. The van der Waals surface area contributed by atoms with Crippen LogP contribution in [0.3, 0.4) is 0 Å². The first-order chi connectivity index (χ1) is 12.0. The molecule has 0 amide bonds. The number of ketones is 1. The van der Waals surface area contributed by atoms with E-state index >= 15 is 0 Å². The Morgan fingerprint density at radius 1 is 1.20 bits per heavy atom. The SMILES string of the molecule is CN1C[C@@H](c2ccc([N+](=O)[O-])cc2)[C@@]2(COc3ccccc3C2=O)C1. The summed E-state index contributed by atoms with van der Waals surface area (Å²) in [5, 5.41) is 10.9. The second-order valence-corrected chi connectivity index (χ2v) is 6.87. The summed E-state index contributed by atoms with van der Waals surface area (Å²) < 4.78 is 5.94. The Balaban J connectivity index is 1.75. The van der Waals surface area contributed by atoms with E-state index in [1.54, 1.807) is 12.1 Å². The highest BCUT2D eigenvalue weighted by atomic mass is 16.6. The number of likely N-dealkylation sites (tertiary alicyclic amines) is 1. The summed E-state index contributed by atoms with van der Waals surface area (Å²) in [6.07, 6.45) is 0. The molecule has 0 radical (unpaired) electrons. The number of para-hydroxylation sites is 1. The van der Waals surface area contributed by atoms with Gasteiger partial charge in [-0.05, 0) is 24.7 Å². The first-order valence-corrected chi connectivity index (χ1v) is 8.21. The molecule has 2 atom stereocenters. The lowest BCUT2D eigenvalue weighted by Crippen LogP contribution is -2.46. The molecular weight excluding hydrogens is 320 g/mol. The molecule has 2 aromatic carbocycles. The van der Waals surface area contributed by atoms with E-state index in [0.717, 1.165) is 12.1 Å². The number of fused-ring (bicyclic) bond motifs is 1. The van der Waals surface area contributed by atoms with Crippen molar-refractivity contribution in [2.24, 2.45) is 5.41 Å². The lowest BCUT2D eigenvalue weighted by Gasteiger charge is -2.37. The van der Waals surface area contributed by atoms with E-state index in [-0.39, 0.29) is 17.4 Å². The number of carbonyl (C=O) groups excluding carboxylic acids is 1. The van der Waals surface area contributed by atoms with Crippen LogP contribution in [0.15, 0.2) is 48.5 Å². The number of hydrogen-bond acceptors (Lipinski definition) is 5. The molecule has 6 nitrogen and oxygen atoms in total. The Morgan fingerprint density at radius 2 is 1.92 bits per heavy atom. The molecule has 2 aliphatic heterocycles. The quantitative estimate of drug-likeness (QED) is 0.622. The average molecular weight is 338 g/mol. The number of likely N-dealkylation sites (N-methyl/N-ethyl adjacent to an activating group) is 1. The number of nitrogens with zero attached hydrogens (tertiary/aromatic N) is 2. The molecule has 0 N–H and O–H groups in total. The van der Waals surface area contributed by atoms with Gasteiger partial charge in [-0.3, -0.25) is 14.9 Å². The molecule has 0 bridgehead atoms. The van der Waals surface area contributed by atoms with Crippen molar-refractivity contribution in [2.75, 3.05) is 26.7 Å². The van der Waals surface area contributed by atoms with E-state index in [1.165, 1.54) is 12.1 Å². The number of nitro benzene ring substituents is 1. The number of Topliss-reactive ketones (excluding diaryl/α,β-unsaturated/α-hetero) is 1. The highest BCUT2D eigenvalue weighted by Gasteiger charge is 2.54. The van der Waals surface area contributed by atoms with Crippen LogP contribution in [0.2, 0.25) is 0 Å². The average Bonchev–Trinajstić information content (AvgIpc) is 2.96. The van der Waals surface area contributed by atoms with E-state index in [2.05, 4.69) is 4.90 Å². The number of rotatable bonds is 2. The van der Waals surface area contributed by atoms with Gasteiger partial charge in [-0.1, -0.05) is 24.3 Å². The maximum atomic E-state index is 13.3. The van der Waals surface area contributed by atoms with Gasteiger partial charge in [-0.25, -0.2) is 0 Å². The lowest BCUT2D eigenvalue weighted by atomic mass is 9.69. The van der Waals surface area contributed by atoms with Crippen LogP contribution < -0.4 is 4.74 Å². The predicted octanol–water partition coefficient (Wildman–Crippen LogP) is 2.89. The van der Waals surface area contributed by atoms with Gasteiger partial charge in [0.05, 0.1) is 15.9 Å². The maximum absolute atomic E-state index is 13.3. The minimum absolute atomic E-state index is 0.0562. The van der Waals surface area contributed by atoms with Gasteiger partial charge in [0.15, 0.2) is 5.78 Å². The van der Waals surface area contributed by atoms with Crippen molar-refractivity contribution in [3.05, 3.63) is 69.8 Å². The molecule has 1 spiro atoms. The fraction of sp³-hybridized carbons (Fsp3) is 0.316. The molecule has 25 heavy (non-hydrogen) atoms. The lowest BCUT2D eigenvalue weighted by molar-refractivity contribution is -0.384. The zero-order valence-electron chi connectivity index (χ0n) is 13.8. The van der Waals surface area contributed by atoms with E-state index in [1.807, 2.05) is 31.3 Å². The molecule has 1 saturated heterocycles. The van der Waals surface area contributed by atoms with Crippen LogP contribution in [0.4, 0.5) is 5.69 Å². The number of ether oxygens (including phenoxy) is 1. The highest BCUT2D eigenvalue weighted by Crippen LogP contribution is 2.48. The largest absolute Gasteiger partial charge is 0.492 e.